The maximum Gasteiger partial charge on any atom is 0.191 e. The maximum atomic E-state index is 12.7. The number of hydrogen-bond donors (Lipinski definition) is 1. The molecule has 4 aliphatic rings. The Morgan fingerprint density at radius 1 is 1.17 bits per heavy atom. The minimum Gasteiger partial charge on any atom is -0.394 e. The Labute approximate surface area is 187 Å². The van der Waals surface area contributed by atoms with Crippen LogP contribution in [0.15, 0.2) is 11.6 Å². The average Bonchev–Trinajstić information content (AvgIpc) is 2.94. The molecule has 162 valence electrons. The van der Waals surface area contributed by atoms with E-state index in [-0.39, 0.29) is 30.3 Å². The molecule has 4 rings (SSSR count). The molecule has 0 amide bonds. The summed E-state index contributed by atoms with van der Waals surface area (Å²) in [6, 6.07) is 0. The van der Waals surface area contributed by atoms with Crippen molar-refractivity contribution < 1.29 is 19.4 Å². The number of hydrogen-bond acceptors (Lipinski definition) is 4. The number of allylic oxidation sites excluding steroid dienone is 1. The Balaban J connectivity index is 1.73. The number of carbonyl (C=O) groups is 2. The zero-order valence-corrected chi connectivity index (χ0v) is 19.0. The van der Waals surface area contributed by atoms with E-state index in [0.717, 1.165) is 37.7 Å². The van der Waals surface area contributed by atoms with E-state index < -0.39 is 15.3 Å². The number of aliphatic hydroxyl groups is 1. The number of ketones is 2. The second-order valence-corrected chi connectivity index (χ2v) is 12.2. The summed E-state index contributed by atoms with van der Waals surface area (Å²) in [7, 11) is 0. The van der Waals surface area contributed by atoms with Gasteiger partial charge in [0, 0.05) is 23.7 Å². The lowest BCUT2D eigenvalue weighted by Crippen LogP contribution is -2.54. The van der Waals surface area contributed by atoms with Crippen LogP contribution in [0.5, 0.6) is 0 Å². The van der Waals surface area contributed by atoms with E-state index in [1.54, 1.807) is 6.08 Å². The lowest BCUT2D eigenvalue weighted by Gasteiger charge is -2.59. The molecular formula is C22H29Cl3O4. The molecule has 0 aliphatic heterocycles. The van der Waals surface area contributed by atoms with E-state index in [0.29, 0.717) is 36.9 Å². The van der Waals surface area contributed by atoms with Crippen LogP contribution in [-0.4, -0.2) is 39.8 Å². The van der Waals surface area contributed by atoms with Crippen LogP contribution in [0, 0.1) is 28.6 Å². The van der Waals surface area contributed by atoms with E-state index in [1.807, 2.05) is 0 Å². The van der Waals surface area contributed by atoms with Gasteiger partial charge < -0.3 is 9.84 Å². The summed E-state index contributed by atoms with van der Waals surface area (Å²) in [5, 5.41) is 9.16. The van der Waals surface area contributed by atoms with Crippen molar-refractivity contribution in [1.29, 1.82) is 0 Å². The predicted octanol–water partition coefficient (Wildman–Crippen LogP) is 4.82. The van der Waals surface area contributed by atoms with Crippen molar-refractivity contribution in [2.24, 2.45) is 28.6 Å². The monoisotopic (exact) mass is 462 g/mol. The van der Waals surface area contributed by atoms with Crippen molar-refractivity contribution in [2.75, 3.05) is 13.2 Å². The highest BCUT2D eigenvalue weighted by Crippen LogP contribution is 2.67. The van der Waals surface area contributed by atoms with Gasteiger partial charge in [-0.2, -0.15) is 0 Å². The van der Waals surface area contributed by atoms with Gasteiger partial charge in [0.05, 0.1) is 13.2 Å². The first-order chi connectivity index (χ1) is 13.6. The lowest BCUT2D eigenvalue weighted by molar-refractivity contribution is -0.138. The lowest BCUT2D eigenvalue weighted by atomic mass is 9.46. The molecule has 4 aliphatic carbocycles. The highest BCUT2D eigenvalue weighted by atomic mass is 35.6. The van der Waals surface area contributed by atoms with Gasteiger partial charge in [-0.15, -0.1) is 0 Å². The molecule has 7 heteroatoms. The molecule has 0 radical (unpaired) electrons. The highest BCUT2D eigenvalue weighted by Gasteiger charge is 2.62. The van der Waals surface area contributed by atoms with E-state index in [9.17, 15) is 9.59 Å². The topological polar surface area (TPSA) is 63.6 Å². The quantitative estimate of drug-likeness (QED) is 0.607. The summed E-state index contributed by atoms with van der Waals surface area (Å²) in [5.41, 5.74) is 0.461. The van der Waals surface area contributed by atoms with Gasteiger partial charge in [0.25, 0.3) is 0 Å². The number of rotatable bonds is 4. The van der Waals surface area contributed by atoms with E-state index >= 15 is 0 Å². The van der Waals surface area contributed by atoms with Crippen LogP contribution >= 0.6 is 34.8 Å². The van der Waals surface area contributed by atoms with Crippen molar-refractivity contribution in [1.82, 2.24) is 0 Å². The van der Waals surface area contributed by atoms with Gasteiger partial charge in [-0.3, -0.25) is 9.59 Å². The fourth-order valence-corrected chi connectivity index (χ4v) is 7.88. The molecule has 4 nitrogen and oxygen atoms in total. The molecule has 0 aromatic rings. The zero-order chi connectivity index (χ0) is 21.0. The van der Waals surface area contributed by atoms with Crippen molar-refractivity contribution >= 4 is 46.4 Å². The van der Waals surface area contributed by atoms with Crippen LogP contribution in [0.25, 0.3) is 0 Å². The molecule has 29 heavy (non-hydrogen) atoms. The number of aliphatic hydroxyl groups excluding tert-OH is 1. The van der Waals surface area contributed by atoms with Crippen LogP contribution in [0.2, 0.25) is 0 Å². The number of carbonyl (C=O) groups excluding carboxylic acids is 2. The molecule has 1 unspecified atom stereocenters. The minimum absolute atomic E-state index is 0.0523. The third-order valence-corrected chi connectivity index (χ3v) is 8.75. The average molecular weight is 464 g/mol. The molecule has 0 spiro atoms. The second kappa shape index (κ2) is 7.78. The summed E-state index contributed by atoms with van der Waals surface area (Å²) in [5.74, 6) is 1.40. The van der Waals surface area contributed by atoms with Crippen molar-refractivity contribution in [3.05, 3.63) is 11.6 Å². The van der Waals surface area contributed by atoms with Crippen LogP contribution in [0.4, 0.5) is 0 Å². The fraction of sp³-hybridized carbons (Fsp3) is 0.818. The van der Waals surface area contributed by atoms with Gasteiger partial charge in [-0.1, -0.05) is 47.3 Å². The number of halogens is 3. The van der Waals surface area contributed by atoms with Gasteiger partial charge >= 0.3 is 0 Å². The first-order valence-corrected chi connectivity index (χ1v) is 11.8. The van der Waals surface area contributed by atoms with Gasteiger partial charge in [0.1, 0.15) is 11.9 Å². The van der Waals surface area contributed by atoms with Crippen LogP contribution in [0.3, 0.4) is 0 Å². The summed E-state index contributed by atoms with van der Waals surface area (Å²) in [6.07, 6.45) is 7.13. The molecule has 0 aromatic heterocycles. The van der Waals surface area contributed by atoms with Crippen LogP contribution in [-0.2, 0) is 14.3 Å². The molecule has 1 N–H and O–H groups in total. The van der Waals surface area contributed by atoms with E-state index in [2.05, 4.69) is 6.92 Å². The molecule has 0 bridgehead atoms. The Hall–Kier alpha value is -0.130. The SMILES string of the molecule is C[C@]12CC[C@H]3[C@@H](CCC4=CC(=O)C(OCCO)C[C@@]43CC(Cl)(Cl)Cl)[C@@H]1CCC2=O. The Morgan fingerprint density at radius 2 is 1.93 bits per heavy atom. The van der Waals surface area contributed by atoms with Crippen molar-refractivity contribution in [3.8, 4) is 0 Å². The van der Waals surface area contributed by atoms with Gasteiger partial charge in [0.2, 0.25) is 0 Å². The molecular weight excluding hydrogens is 435 g/mol. The van der Waals surface area contributed by atoms with Gasteiger partial charge in [-0.25, -0.2) is 0 Å². The van der Waals surface area contributed by atoms with E-state index in [4.69, 9.17) is 44.6 Å². The highest BCUT2D eigenvalue weighted by molar-refractivity contribution is 6.67. The minimum atomic E-state index is -1.44. The molecule has 0 heterocycles. The fourth-order valence-electron chi connectivity index (χ4n) is 7.16. The molecule has 6 atom stereocenters. The number of fused-ring (bicyclic) bond motifs is 5. The summed E-state index contributed by atoms with van der Waals surface area (Å²) < 4.78 is 4.27. The molecule has 3 saturated carbocycles. The smallest absolute Gasteiger partial charge is 0.191 e. The normalized spacial score (nSPS) is 42.2. The van der Waals surface area contributed by atoms with Gasteiger partial charge in [0.15, 0.2) is 9.58 Å². The first-order valence-electron chi connectivity index (χ1n) is 10.7. The number of Topliss-reactive ketones (excluding diaryl/α,β-unsaturated/α-hetero) is 1. The molecule has 0 aromatic carbocycles. The molecule has 0 saturated heterocycles. The van der Waals surface area contributed by atoms with E-state index in [1.165, 1.54) is 0 Å². The van der Waals surface area contributed by atoms with Gasteiger partial charge in [-0.05, 0) is 62.4 Å². The summed E-state index contributed by atoms with van der Waals surface area (Å²) >= 11 is 19.0. The maximum absolute atomic E-state index is 12.7. The summed E-state index contributed by atoms with van der Waals surface area (Å²) in [6.45, 7) is 2.13. The third-order valence-electron chi connectivity index (χ3n) is 8.35. The Bertz CT molecular complexity index is 730. The van der Waals surface area contributed by atoms with Crippen LogP contribution < -0.4 is 0 Å². The molecule has 3 fully saturated rings. The van der Waals surface area contributed by atoms with Crippen molar-refractivity contribution in [2.45, 2.75) is 68.2 Å². The predicted molar refractivity (Wildman–Crippen MR) is 113 cm³/mol. The Kier molecular flexibility index (Phi) is 5.92. The standard InChI is InChI=1S/C22H29Cl3O4/c1-20-7-6-16-14(15(20)4-5-19(20)28)3-2-13-10-17(27)18(29-9-8-26)11-21(13,16)12-22(23,24)25/h10,14-16,18,26H,2-9,11-12H2,1H3/t14-,15-,16-,18?,20-,21+/m0/s1. The number of alkyl halides is 3. The third kappa shape index (κ3) is 3.71. The first kappa shape index (κ1) is 22.1. The number of ether oxygens (including phenoxy) is 1. The largest absolute Gasteiger partial charge is 0.394 e. The Morgan fingerprint density at radius 3 is 2.62 bits per heavy atom. The summed E-state index contributed by atoms with van der Waals surface area (Å²) in [4.78, 5) is 25.3. The van der Waals surface area contributed by atoms with Crippen LogP contribution in [0.1, 0.15) is 58.3 Å². The van der Waals surface area contributed by atoms with Crippen molar-refractivity contribution in [3.63, 3.8) is 0 Å². The zero-order valence-electron chi connectivity index (χ0n) is 16.8. The second-order valence-electron chi connectivity index (χ2n) is 9.64.